The quantitative estimate of drug-likeness (QED) is 0.284. The van der Waals surface area contributed by atoms with Crippen molar-refractivity contribution in [1.29, 1.82) is 5.41 Å². The van der Waals surface area contributed by atoms with Gasteiger partial charge in [0, 0.05) is 38.8 Å². The molecule has 1 aliphatic rings. The number of hydrogen-bond acceptors (Lipinski definition) is 8. The van der Waals surface area contributed by atoms with Gasteiger partial charge < -0.3 is 15.4 Å². The van der Waals surface area contributed by atoms with Crippen LogP contribution in [0.2, 0.25) is 0 Å². The highest BCUT2D eigenvalue weighted by Crippen LogP contribution is 2.18. The molecule has 1 saturated heterocycles. The molecular formula is C20H30N6OS. The fraction of sp³-hybridized carbons (Fsp3) is 0.450. The van der Waals surface area contributed by atoms with Crippen molar-refractivity contribution in [3.05, 3.63) is 54.2 Å². The van der Waals surface area contributed by atoms with Crippen molar-refractivity contribution >= 4 is 23.5 Å². The van der Waals surface area contributed by atoms with E-state index in [9.17, 15) is 0 Å². The number of hydrogen-bond donors (Lipinski definition) is 2. The molecule has 2 heterocycles. The molecule has 1 fully saturated rings. The first kappa shape index (κ1) is 22.1. The average molecular weight is 403 g/mol. The molecule has 28 heavy (non-hydrogen) atoms. The van der Waals surface area contributed by atoms with Gasteiger partial charge in [-0.2, -0.15) is 0 Å². The second-order valence-electron chi connectivity index (χ2n) is 6.58. The Labute approximate surface area is 172 Å². The van der Waals surface area contributed by atoms with E-state index < -0.39 is 0 Å². The van der Waals surface area contributed by atoms with E-state index in [1.807, 2.05) is 19.9 Å². The molecule has 1 aromatic rings. The van der Waals surface area contributed by atoms with Crippen LogP contribution in [0.1, 0.15) is 19.5 Å². The molecule has 0 aromatic carbocycles. The highest BCUT2D eigenvalue weighted by Gasteiger charge is 2.19. The van der Waals surface area contributed by atoms with Crippen LogP contribution in [0.3, 0.4) is 0 Å². The van der Waals surface area contributed by atoms with Gasteiger partial charge in [0.25, 0.3) is 0 Å². The Morgan fingerprint density at radius 3 is 2.64 bits per heavy atom. The molecule has 0 spiro atoms. The Morgan fingerprint density at radius 2 is 2.07 bits per heavy atom. The molecule has 8 heteroatoms. The van der Waals surface area contributed by atoms with Crippen molar-refractivity contribution < 1.29 is 4.74 Å². The summed E-state index contributed by atoms with van der Waals surface area (Å²) in [5.74, 6) is 1.46. The zero-order chi connectivity index (χ0) is 20.5. The first-order valence-electron chi connectivity index (χ1n) is 9.33. The summed E-state index contributed by atoms with van der Waals surface area (Å²) in [6.07, 6.45) is 8.82. The number of ether oxygens (including phenoxy) is 1. The number of piperazine rings is 1. The van der Waals surface area contributed by atoms with Gasteiger partial charge in [-0.3, -0.25) is 5.41 Å². The zero-order valence-electron chi connectivity index (χ0n) is 16.9. The highest BCUT2D eigenvalue weighted by molar-refractivity contribution is 7.96. The normalized spacial score (nSPS) is 16.4. The smallest absolute Gasteiger partial charge is 0.132 e. The molecule has 1 aliphatic heterocycles. The van der Waals surface area contributed by atoms with Gasteiger partial charge in [0.2, 0.25) is 0 Å². The summed E-state index contributed by atoms with van der Waals surface area (Å²) in [5.41, 5.74) is 7.39. The van der Waals surface area contributed by atoms with Crippen LogP contribution < -0.4 is 10.6 Å². The number of nitrogens with zero attached hydrogens (tertiary/aromatic N) is 4. The standard InChI is InChI=1S/C20H30N6OS/c1-5-6-17(27-15(2)3)11-16(13-21)20(22)18-12-19(24-14-23-18)25-7-9-26(28-4)10-8-25/h5-6,11-12,14-15,22H,1,7-10,13,21H2,2-4H3/b16-11+,17-6+,22-20?. The second-order valence-corrected chi connectivity index (χ2v) is 7.46. The highest BCUT2D eigenvalue weighted by atomic mass is 32.2. The number of aromatic nitrogens is 2. The molecule has 2 rings (SSSR count). The number of nitrogens with one attached hydrogen (secondary N) is 1. The number of anilines is 1. The fourth-order valence-electron chi connectivity index (χ4n) is 2.84. The summed E-state index contributed by atoms with van der Waals surface area (Å²) in [4.78, 5) is 10.9. The molecule has 0 atom stereocenters. The van der Waals surface area contributed by atoms with Gasteiger partial charge in [0.15, 0.2) is 0 Å². The summed E-state index contributed by atoms with van der Waals surface area (Å²) >= 11 is 1.77. The molecule has 152 valence electrons. The van der Waals surface area contributed by atoms with E-state index in [-0.39, 0.29) is 18.4 Å². The fourth-order valence-corrected chi connectivity index (χ4v) is 3.36. The van der Waals surface area contributed by atoms with E-state index in [0.29, 0.717) is 17.0 Å². The van der Waals surface area contributed by atoms with Gasteiger partial charge in [0.1, 0.15) is 17.9 Å². The van der Waals surface area contributed by atoms with Crippen LogP contribution >= 0.6 is 11.9 Å². The molecule has 0 radical (unpaired) electrons. The van der Waals surface area contributed by atoms with Crippen molar-refractivity contribution in [2.75, 3.05) is 43.9 Å². The molecule has 7 nitrogen and oxygen atoms in total. The van der Waals surface area contributed by atoms with E-state index >= 15 is 0 Å². The van der Waals surface area contributed by atoms with E-state index in [4.69, 9.17) is 15.9 Å². The molecule has 0 saturated carbocycles. The monoisotopic (exact) mass is 402 g/mol. The van der Waals surface area contributed by atoms with E-state index in [1.54, 1.807) is 30.2 Å². The van der Waals surface area contributed by atoms with Crippen LogP contribution in [0.5, 0.6) is 0 Å². The Kier molecular flexibility index (Phi) is 8.69. The number of nitrogens with two attached hydrogens (primary N) is 1. The van der Waals surface area contributed by atoms with Crippen LogP contribution in [-0.4, -0.2) is 65.1 Å². The lowest BCUT2D eigenvalue weighted by Crippen LogP contribution is -2.43. The molecule has 0 unspecified atom stereocenters. The third-order valence-electron chi connectivity index (χ3n) is 4.24. The van der Waals surface area contributed by atoms with Gasteiger partial charge in [-0.1, -0.05) is 24.6 Å². The third kappa shape index (κ3) is 6.19. The van der Waals surface area contributed by atoms with E-state index in [0.717, 1.165) is 32.0 Å². The minimum absolute atomic E-state index is 0.0151. The predicted octanol–water partition coefficient (Wildman–Crippen LogP) is 2.62. The van der Waals surface area contributed by atoms with Crippen LogP contribution in [0.4, 0.5) is 5.82 Å². The van der Waals surface area contributed by atoms with E-state index in [1.165, 1.54) is 6.33 Å². The lowest BCUT2D eigenvalue weighted by Gasteiger charge is -2.34. The molecule has 0 bridgehead atoms. The molecule has 1 aromatic heterocycles. The Morgan fingerprint density at radius 1 is 1.36 bits per heavy atom. The van der Waals surface area contributed by atoms with Crippen molar-refractivity contribution in [2.45, 2.75) is 20.0 Å². The van der Waals surface area contributed by atoms with Gasteiger partial charge in [-0.15, -0.1) is 0 Å². The maximum atomic E-state index is 8.59. The summed E-state index contributed by atoms with van der Waals surface area (Å²) in [6.45, 7) is 11.6. The lowest BCUT2D eigenvalue weighted by molar-refractivity contribution is 0.158. The molecule has 3 N–H and O–H groups in total. The SMILES string of the molecule is C=C/C=C(\C=C(/CN)C(=N)c1cc(N2CCN(SC)CC2)ncn1)OC(C)C. The number of allylic oxidation sites excluding steroid dienone is 3. The molecular weight excluding hydrogens is 372 g/mol. The summed E-state index contributed by atoms with van der Waals surface area (Å²) in [5, 5.41) is 8.59. The van der Waals surface area contributed by atoms with Crippen molar-refractivity contribution in [1.82, 2.24) is 14.3 Å². The molecule has 0 amide bonds. The van der Waals surface area contributed by atoms with Crippen LogP contribution in [0.15, 0.2) is 48.5 Å². The van der Waals surface area contributed by atoms with Gasteiger partial charge in [0.05, 0.1) is 17.5 Å². The Bertz CT molecular complexity index is 738. The van der Waals surface area contributed by atoms with E-state index in [2.05, 4.69) is 32.0 Å². The zero-order valence-corrected chi connectivity index (χ0v) is 17.7. The third-order valence-corrected chi connectivity index (χ3v) is 5.12. The Hall–Kier alpha value is -2.16. The largest absolute Gasteiger partial charge is 0.491 e. The first-order chi connectivity index (χ1) is 13.5. The first-order valence-corrected chi connectivity index (χ1v) is 10.5. The van der Waals surface area contributed by atoms with Crippen molar-refractivity contribution in [2.24, 2.45) is 5.73 Å². The second kappa shape index (κ2) is 11.0. The molecule has 0 aliphatic carbocycles. The minimum atomic E-state index is 0.0151. The maximum Gasteiger partial charge on any atom is 0.132 e. The summed E-state index contributed by atoms with van der Waals surface area (Å²) in [7, 11) is 0. The topological polar surface area (TPSA) is 91.4 Å². The van der Waals surface area contributed by atoms with Crippen LogP contribution in [0, 0.1) is 5.41 Å². The van der Waals surface area contributed by atoms with Gasteiger partial charge >= 0.3 is 0 Å². The van der Waals surface area contributed by atoms with Crippen LogP contribution in [0.25, 0.3) is 0 Å². The van der Waals surface area contributed by atoms with Gasteiger partial charge in [-0.25, -0.2) is 14.3 Å². The summed E-state index contributed by atoms with van der Waals surface area (Å²) in [6, 6.07) is 1.86. The lowest BCUT2D eigenvalue weighted by atomic mass is 10.1. The van der Waals surface area contributed by atoms with Crippen molar-refractivity contribution in [3.8, 4) is 0 Å². The van der Waals surface area contributed by atoms with Crippen LogP contribution in [-0.2, 0) is 4.74 Å². The Balaban J connectivity index is 2.21. The number of rotatable bonds is 9. The van der Waals surface area contributed by atoms with Gasteiger partial charge in [-0.05, 0) is 37.8 Å². The van der Waals surface area contributed by atoms with Crippen molar-refractivity contribution in [3.63, 3.8) is 0 Å². The maximum absolute atomic E-state index is 8.59. The predicted molar refractivity (Wildman–Crippen MR) is 118 cm³/mol. The minimum Gasteiger partial charge on any atom is -0.491 e. The average Bonchev–Trinajstić information content (AvgIpc) is 2.71. The summed E-state index contributed by atoms with van der Waals surface area (Å²) < 4.78 is 8.09.